The summed E-state index contributed by atoms with van der Waals surface area (Å²) in [6.45, 7) is 1.60. The zero-order valence-electron chi connectivity index (χ0n) is 20.5. The number of benzene rings is 1. The lowest BCUT2D eigenvalue weighted by atomic mass is 9.52. The van der Waals surface area contributed by atoms with Crippen LogP contribution in [0.2, 0.25) is 0 Å². The van der Waals surface area contributed by atoms with E-state index < -0.39 is 64.4 Å². The SMILES string of the molecule is Cc1cc(-c2ncccn2)c2c(c1O)C(=O)C1C(=O)[C@@]3(O)C(=O)C(C(N)=O)C(=O)[C@H](N(C)C)[C@H]3C[C@H]1C2. The van der Waals surface area contributed by atoms with Crippen LogP contribution in [-0.4, -0.2) is 79.9 Å². The highest BCUT2D eigenvalue weighted by atomic mass is 16.3. The first-order valence-electron chi connectivity index (χ1n) is 11.9. The average molecular weight is 507 g/mol. The van der Waals surface area contributed by atoms with Crippen LogP contribution in [-0.2, 0) is 25.6 Å². The van der Waals surface area contributed by atoms with E-state index in [1.54, 1.807) is 45.5 Å². The fourth-order valence-electron chi connectivity index (χ4n) is 6.44. The summed E-state index contributed by atoms with van der Waals surface area (Å²) in [5.41, 5.74) is 3.87. The number of hydrogen-bond donors (Lipinski definition) is 3. The van der Waals surface area contributed by atoms with Crippen molar-refractivity contribution in [3.05, 3.63) is 41.2 Å². The number of aliphatic hydroxyl groups is 1. The number of nitrogens with two attached hydrogens (primary N) is 1. The second-order valence-electron chi connectivity index (χ2n) is 10.3. The second kappa shape index (κ2) is 8.35. The molecule has 11 heteroatoms. The van der Waals surface area contributed by atoms with Gasteiger partial charge in [0.05, 0.1) is 17.5 Å². The van der Waals surface area contributed by atoms with Gasteiger partial charge in [-0.25, -0.2) is 9.97 Å². The van der Waals surface area contributed by atoms with E-state index in [1.165, 1.54) is 4.90 Å². The standard InChI is InChI=1S/C26H26N4O7/c1-10-7-13(25-28-5-4-6-29-25)12-8-11-9-14-18(30(2)3)21(33)17(24(27)36)23(35)26(14,37)22(34)15(11)20(32)16(12)19(10)31/h4-7,11,14-15,17-18,31,37H,8-9H2,1-3H3,(H2,27,36)/t11-,14-,15?,17?,18-,26-/m1/s1. The topological polar surface area (TPSA) is 181 Å². The summed E-state index contributed by atoms with van der Waals surface area (Å²) in [7, 11) is 3.08. The van der Waals surface area contributed by atoms with Gasteiger partial charge in [0.2, 0.25) is 5.91 Å². The van der Waals surface area contributed by atoms with Gasteiger partial charge in [-0.3, -0.25) is 28.9 Å². The molecular weight excluding hydrogens is 480 g/mol. The number of Topliss-reactive ketones (excluding diaryl/α,β-unsaturated/α-hetero) is 4. The molecule has 2 unspecified atom stereocenters. The van der Waals surface area contributed by atoms with E-state index in [4.69, 9.17) is 5.73 Å². The molecule has 4 N–H and O–H groups in total. The summed E-state index contributed by atoms with van der Waals surface area (Å²) < 4.78 is 0. The molecule has 1 heterocycles. The summed E-state index contributed by atoms with van der Waals surface area (Å²) in [4.78, 5) is 76.2. The van der Waals surface area contributed by atoms with Crippen LogP contribution >= 0.6 is 0 Å². The first-order valence-corrected chi connectivity index (χ1v) is 11.9. The number of carbonyl (C=O) groups is 5. The van der Waals surface area contributed by atoms with Crippen LogP contribution in [0, 0.1) is 30.6 Å². The van der Waals surface area contributed by atoms with Crippen molar-refractivity contribution in [1.82, 2.24) is 14.9 Å². The maximum absolute atomic E-state index is 13.9. The highest BCUT2D eigenvalue weighted by Gasteiger charge is 2.69. The first kappa shape index (κ1) is 24.8. The van der Waals surface area contributed by atoms with Gasteiger partial charge < -0.3 is 15.9 Å². The second-order valence-corrected chi connectivity index (χ2v) is 10.3. The maximum Gasteiger partial charge on any atom is 0.235 e. The highest BCUT2D eigenvalue weighted by Crippen LogP contribution is 2.52. The Morgan fingerprint density at radius 3 is 2.38 bits per heavy atom. The Hall–Kier alpha value is -3.83. The Morgan fingerprint density at radius 2 is 1.78 bits per heavy atom. The van der Waals surface area contributed by atoms with Gasteiger partial charge >= 0.3 is 0 Å². The molecule has 0 bridgehead atoms. The van der Waals surface area contributed by atoms with Crippen molar-refractivity contribution in [2.45, 2.75) is 31.4 Å². The number of fused-ring (bicyclic) bond motifs is 3. The summed E-state index contributed by atoms with van der Waals surface area (Å²) in [6.07, 6.45) is 3.22. The van der Waals surface area contributed by atoms with Gasteiger partial charge in [0.1, 0.15) is 5.75 Å². The van der Waals surface area contributed by atoms with Crippen molar-refractivity contribution in [3.63, 3.8) is 0 Å². The van der Waals surface area contributed by atoms with Crippen LogP contribution in [0.4, 0.5) is 0 Å². The smallest absolute Gasteiger partial charge is 0.235 e. The number of nitrogens with zero attached hydrogens (tertiary/aromatic N) is 3. The number of hydrogen-bond acceptors (Lipinski definition) is 10. The monoisotopic (exact) mass is 506 g/mol. The molecule has 1 aromatic heterocycles. The van der Waals surface area contributed by atoms with Crippen molar-refractivity contribution < 1.29 is 34.2 Å². The van der Waals surface area contributed by atoms with E-state index in [2.05, 4.69) is 9.97 Å². The van der Waals surface area contributed by atoms with Gasteiger partial charge in [-0.2, -0.15) is 0 Å². The zero-order chi connectivity index (χ0) is 27.0. The molecule has 0 aliphatic heterocycles. The number of phenolic OH excluding ortho intramolecular Hbond substituents is 1. The fraction of sp³-hybridized carbons (Fsp3) is 0.423. The number of ketones is 4. The summed E-state index contributed by atoms with van der Waals surface area (Å²) >= 11 is 0. The highest BCUT2D eigenvalue weighted by molar-refractivity contribution is 6.32. The van der Waals surface area contributed by atoms with E-state index in [0.717, 1.165) is 0 Å². The number of aromatic nitrogens is 2. The Balaban J connectivity index is 1.69. The molecule has 0 spiro atoms. The molecule has 11 nitrogen and oxygen atoms in total. The molecule has 2 aromatic rings. The summed E-state index contributed by atoms with van der Waals surface area (Å²) in [5.74, 6) is -10.4. The van der Waals surface area contributed by atoms with Gasteiger partial charge in [-0.1, -0.05) is 0 Å². The molecule has 0 radical (unpaired) electrons. The van der Waals surface area contributed by atoms with Crippen molar-refractivity contribution in [2.75, 3.05) is 14.1 Å². The molecule has 2 saturated carbocycles. The number of aryl methyl sites for hydroxylation is 1. The van der Waals surface area contributed by atoms with Gasteiger partial charge in [-0.05, 0) is 63.0 Å². The Kier molecular flexibility index (Phi) is 5.61. The third kappa shape index (κ3) is 3.30. The summed E-state index contributed by atoms with van der Waals surface area (Å²) in [6, 6.07) is 2.17. The fourth-order valence-corrected chi connectivity index (χ4v) is 6.44. The molecule has 1 amide bonds. The minimum atomic E-state index is -2.75. The van der Waals surface area contributed by atoms with Gasteiger partial charge in [0.15, 0.2) is 40.5 Å². The molecule has 0 saturated heterocycles. The third-order valence-corrected chi connectivity index (χ3v) is 8.06. The minimum Gasteiger partial charge on any atom is -0.507 e. The predicted molar refractivity (Wildman–Crippen MR) is 127 cm³/mol. The lowest BCUT2D eigenvalue weighted by Crippen LogP contribution is -2.74. The minimum absolute atomic E-state index is 0.0202. The Morgan fingerprint density at radius 1 is 1.14 bits per heavy atom. The number of aromatic hydroxyl groups is 1. The normalized spacial score (nSPS) is 31.1. The van der Waals surface area contributed by atoms with Gasteiger partial charge in [0.25, 0.3) is 0 Å². The molecule has 2 fully saturated rings. The van der Waals surface area contributed by atoms with Crippen LogP contribution < -0.4 is 5.73 Å². The van der Waals surface area contributed by atoms with Crippen LogP contribution in [0.5, 0.6) is 5.75 Å². The predicted octanol–water partition coefficient (Wildman–Crippen LogP) is -0.368. The van der Waals surface area contributed by atoms with Gasteiger partial charge in [0, 0.05) is 23.9 Å². The van der Waals surface area contributed by atoms with Crippen LogP contribution in [0.25, 0.3) is 11.4 Å². The van der Waals surface area contributed by atoms with E-state index in [0.29, 0.717) is 22.5 Å². The number of phenols is 1. The Labute approximate surface area is 211 Å². The van der Waals surface area contributed by atoms with E-state index in [9.17, 15) is 34.2 Å². The average Bonchev–Trinajstić information content (AvgIpc) is 2.83. The number of carbonyl (C=O) groups excluding carboxylic acids is 5. The van der Waals surface area contributed by atoms with E-state index >= 15 is 0 Å². The quantitative estimate of drug-likeness (QED) is 0.465. The maximum atomic E-state index is 13.9. The molecule has 192 valence electrons. The van der Waals surface area contributed by atoms with Crippen molar-refractivity contribution in [1.29, 1.82) is 0 Å². The van der Waals surface area contributed by atoms with Crippen LogP contribution in [0.15, 0.2) is 24.5 Å². The van der Waals surface area contributed by atoms with Crippen molar-refractivity contribution >= 4 is 29.0 Å². The molecule has 3 aliphatic carbocycles. The largest absolute Gasteiger partial charge is 0.507 e. The zero-order valence-corrected chi connectivity index (χ0v) is 20.5. The van der Waals surface area contributed by atoms with Crippen molar-refractivity contribution in [2.24, 2.45) is 29.4 Å². The van der Waals surface area contributed by atoms with E-state index in [1.807, 2.05) is 0 Å². The number of primary amides is 1. The Bertz CT molecular complexity index is 1390. The van der Waals surface area contributed by atoms with Gasteiger partial charge in [-0.15, -0.1) is 0 Å². The van der Waals surface area contributed by atoms with E-state index in [-0.39, 0.29) is 24.2 Å². The lowest BCUT2D eigenvalue weighted by Gasteiger charge is -2.52. The van der Waals surface area contributed by atoms with Crippen LogP contribution in [0.1, 0.15) is 27.9 Å². The van der Waals surface area contributed by atoms with Crippen molar-refractivity contribution in [3.8, 4) is 17.1 Å². The molecule has 1 aromatic carbocycles. The molecule has 6 atom stereocenters. The summed E-state index contributed by atoms with van der Waals surface area (Å²) in [5, 5.41) is 22.5. The number of amides is 1. The number of rotatable bonds is 3. The molecule has 37 heavy (non-hydrogen) atoms. The third-order valence-electron chi connectivity index (χ3n) is 8.06. The lowest BCUT2D eigenvalue weighted by molar-refractivity contribution is -0.181. The first-order chi connectivity index (χ1) is 17.4. The molecular formula is C26H26N4O7. The number of likely N-dealkylation sites (N-methyl/N-ethyl adjacent to an activating group) is 1. The molecule has 5 rings (SSSR count). The molecule has 3 aliphatic rings. The van der Waals surface area contributed by atoms with Crippen LogP contribution in [0.3, 0.4) is 0 Å².